The molecular formula is C14H13NO2. The number of nitrogens with zero attached hydrogens (tertiary/aromatic N) is 1. The van der Waals surface area contributed by atoms with E-state index in [9.17, 15) is 0 Å². The average Bonchev–Trinajstić information content (AvgIpc) is 2.41. The molecule has 0 radical (unpaired) electrons. The normalized spacial score (nSPS) is 8.29. The van der Waals surface area contributed by atoms with Crippen LogP contribution in [0, 0.1) is 0 Å². The minimum Gasteiger partial charge on any atom is -0.457 e. The zero-order valence-electron chi connectivity index (χ0n) is 9.54. The lowest BCUT2D eigenvalue weighted by Crippen LogP contribution is -1.81. The Morgan fingerprint density at radius 1 is 0.882 bits per heavy atom. The van der Waals surface area contributed by atoms with E-state index in [0.717, 1.165) is 11.5 Å². The summed E-state index contributed by atoms with van der Waals surface area (Å²) in [6.45, 7) is 0. The summed E-state index contributed by atoms with van der Waals surface area (Å²) in [7, 11) is 1.38. The van der Waals surface area contributed by atoms with Crippen LogP contribution in [-0.4, -0.2) is 13.1 Å². The summed E-state index contributed by atoms with van der Waals surface area (Å²) in [5.41, 5.74) is 0. The molecule has 0 aliphatic carbocycles. The van der Waals surface area contributed by atoms with Crippen molar-refractivity contribution in [1.29, 1.82) is 0 Å². The van der Waals surface area contributed by atoms with Crippen molar-refractivity contribution in [3.63, 3.8) is 0 Å². The number of aliphatic imine (C=N–C) groups is 1. The van der Waals surface area contributed by atoms with Crippen LogP contribution in [0.3, 0.4) is 0 Å². The van der Waals surface area contributed by atoms with Crippen LogP contribution in [0.15, 0.2) is 65.7 Å². The van der Waals surface area contributed by atoms with Crippen molar-refractivity contribution in [2.45, 2.75) is 0 Å². The van der Waals surface area contributed by atoms with Crippen molar-refractivity contribution in [3.05, 3.63) is 60.7 Å². The van der Waals surface area contributed by atoms with Crippen molar-refractivity contribution in [2.24, 2.45) is 4.99 Å². The van der Waals surface area contributed by atoms with Gasteiger partial charge >= 0.3 is 0 Å². The molecule has 86 valence electrons. The first kappa shape index (κ1) is 12.7. The van der Waals surface area contributed by atoms with Crippen LogP contribution in [0.25, 0.3) is 0 Å². The summed E-state index contributed by atoms with van der Waals surface area (Å²) in [5, 5.41) is 0. The van der Waals surface area contributed by atoms with E-state index in [4.69, 9.17) is 9.53 Å². The molecule has 2 aromatic rings. The number of carbonyl (C=O) groups excluding carboxylic acids is 1. The number of benzene rings is 2. The third-order valence-corrected chi connectivity index (χ3v) is 1.81. The fraction of sp³-hybridized carbons (Fsp3) is 0.0714. The van der Waals surface area contributed by atoms with E-state index in [1.165, 1.54) is 13.1 Å². The van der Waals surface area contributed by atoms with E-state index >= 15 is 0 Å². The minimum atomic E-state index is 0.869. The van der Waals surface area contributed by atoms with Gasteiger partial charge < -0.3 is 4.74 Å². The van der Waals surface area contributed by atoms with Crippen molar-refractivity contribution < 1.29 is 9.53 Å². The highest BCUT2D eigenvalue weighted by Crippen LogP contribution is 2.19. The van der Waals surface area contributed by atoms with Crippen LogP contribution < -0.4 is 4.74 Å². The summed E-state index contributed by atoms with van der Waals surface area (Å²) in [6, 6.07) is 19.5. The Labute approximate surface area is 100 Å². The largest absolute Gasteiger partial charge is 0.457 e. The number of rotatable bonds is 2. The second kappa shape index (κ2) is 7.85. The molecule has 0 unspecified atom stereocenters. The van der Waals surface area contributed by atoms with Gasteiger partial charge in [-0.05, 0) is 24.3 Å². The van der Waals surface area contributed by atoms with Gasteiger partial charge in [0, 0.05) is 7.05 Å². The van der Waals surface area contributed by atoms with E-state index in [1.54, 1.807) is 0 Å². The van der Waals surface area contributed by atoms with Crippen molar-refractivity contribution in [3.8, 4) is 11.5 Å². The highest BCUT2D eigenvalue weighted by Gasteiger charge is 1.92. The highest BCUT2D eigenvalue weighted by atomic mass is 16.5. The molecular weight excluding hydrogens is 214 g/mol. The molecule has 3 heteroatoms. The molecule has 0 bridgehead atoms. The second-order valence-corrected chi connectivity index (χ2v) is 3.04. The Bertz CT molecular complexity index is 425. The number of hydrogen-bond donors (Lipinski definition) is 0. The van der Waals surface area contributed by atoms with Crippen molar-refractivity contribution >= 4 is 6.08 Å². The lowest BCUT2D eigenvalue weighted by atomic mass is 10.3. The first-order valence-electron chi connectivity index (χ1n) is 5.10. The molecule has 2 aromatic carbocycles. The van der Waals surface area contributed by atoms with Crippen LogP contribution >= 0.6 is 0 Å². The van der Waals surface area contributed by atoms with E-state index in [0.29, 0.717) is 0 Å². The van der Waals surface area contributed by atoms with Gasteiger partial charge in [0.25, 0.3) is 0 Å². The van der Waals surface area contributed by atoms with Crippen LogP contribution in [0.1, 0.15) is 0 Å². The fourth-order valence-corrected chi connectivity index (χ4v) is 1.11. The zero-order chi connectivity index (χ0) is 12.3. The third kappa shape index (κ3) is 5.30. The summed E-state index contributed by atoms with van der Waals surface area (Å²) >= 11 is 0. The van der Waals surface area contributed by atoms with Crippen LogP contribution in [0.4, 0.5) is 0 Å². The molecule has 0 saturated carbocycles. The lowest BCUT2D eigenvalue weighted by Gasteiger charge is -2.03. The molecule has 0 saturated heterocycles. The van der Waals surface area contributed by atoms with Crippen LogP contribution in [-0.2, 0) is 4.79 Å². The molecule has 0 aliphatic rings. The van der Waals surface area contributed by atoms with Gasteiger partial charge in [0.1, 0.15) is 11.5 Å². The summed E-state index contributed by atoms with van der Waals surface area (Å²) in [4.78, 5) is 11.8. The van der Waals surface area contributed by atoms with E-state index in [-0.39, 0.29) is 0 Å². The van der Waals surface area contributed by atoms with Crippen molar-refractivity contribution in [2.75, 3.05) is 7.05 Å². The van der Waals surface area contributed by atoms with Crippen LogP contribution in [0.2, 0.25) is 0 Å². The second-order valence-electron chi connectivity index (χ2n) is 3.04. The van der Waals surface area contributed by atoms with E-state index in [2.05, 4.69) is 4.99 Å². The highest BCUT2D eigenvalue weighted by molar-refractivity contribution is 5.32. The Morgan fingerprint density at radius 2 is 1.24 bits per heavy atom. The number of hydrogen-bond acceptors (Lipinski definition) is 3. The summed E-state index contributed by atoms with van der Waals surface area (Å²) in [5.74, 6) is 1.74. The van der Waals surface area contributed by atoms with Gasteiger partial charge in [-0.15, -0.1) is 0 Å². The Hall–Kier alpha value is -2.38. The maximum absolute atomic E-state index is 8.88. The van der Waals surface area contributed by atoms with Gasteiger partial charge in [-0.2, -0.15) is 0 Å². The lowest BCUT2D eigenvalue weighted by molar-refractivity contribution is 0.482. The summed E-state index contributed by atoms with van der Waals surface area (Å²) < 4.78 is 5.58. The molecule has 0 spiro atoms. The molecule has 0 heterocycles. The van der Waals surface area contributed by atoms with Crippen molar-refractivity contribution in [1.82, 2.24) is 0 Å². The minimum absolute atomic E-state index is 0.869. The molecule has 17 heavy (non-hydrogen) atoms. The first-order chi connectivity index (χ1) is 8.36. The Kier molecular flexibility index (Phi) is 5.86. The Morgan fingerprint density at radius 3 is 1.53 bits per heavy atom. The van der Waals surface area contributed by atoms with Crippen LogP contribution in [0.5, 0.6) is 11.5 Å². The number of ether oxygens (including phenoxy) is 1. The molecule has 0 fully saturated rings. The smallest absolute Gasteiger partial charge is 0.234 e. The maximum atomic E-state index is 8.88. The first-order valence-corrected chi connectivity index (χ1v) is 5.10. The van der Waals surface area contributed by atoms with Gasteiger partial charge in [0.05, 0.1) is 0 Å². The fourth-order valence-electron chi connectivity index (χ4n) is 1.11. The van der Waals surface area contributed by atoms with Gasteiger partial charge in [0.15, 0.2) is 0 Å². The molecule has 0 aromatic heterocycles. The molecule has 0 aliphatic heterocycles. The number of para-hydroxylation sites is 2. The number of isocyanates is 1. The monoisotopic (exact) mass is 227 g/mol. The SMILES string of the molecule is CN=C=O.c1ccc(Oc2ccccc2)cc1. The van der Waals surface area contributed by atoms with E-state index < -0.39 is 0 Å². The predicted molar refractivity (Wildman–Crippen MR) is 67.0 cm³/mol. The van der Waals surface area contributed by atoms with Gasteiger partial charge in [-0.1, -0.05) is 36.4 Å². The summed E-state index contributed by atoms with van der Waals surface area (Å²) in [6.07, 6.45) is 1.31. The van der Waals surface area contributed by atoms with Gasteiger partial charge in [0.2, 0.25) is 6.08 Å². The topological polar surface area (TPSA) is 38.7 Å². The predicted octanol–water partition coefficient (Wildman–Crippen LogP) is 3.43. The quantitative estimate of drug-likeness (QED) is 0.582. The molecule has 3 nitrogen and oxygen atoms in total. The average molecular weight is 227 g/mol. The molecule has 0 atom stereocenters. The molecule has 0 amide bonds. The van der Waals surface area contributed by atoms with E-state index in [1.807, 2.05) is 60.7 Å². The molecule has 0 N–H and O–H groups in total. The maximum Gasteiger partial charge on any atom is 0.234 e. The molecule has 2 rings (SSSR count). The third-order valence-electron chi connectivity index (χ3n) is 1.81. The zero-order valence-corrected chi connectivity index (χ0v) is 9.54. The van der Waals surface area contributed by atoms with Gasteiger partial charge in [-0.25, -0.2) is 9.79 Å². The van der Waals surface area contributed by atoms with Gasteiger partial charge in [-0.3, -0.25) is 0 Å². The standard InChI is InChI=1S/C12H10O.C2H3NO/c1-3-7-11(8-4-1)13-12-9-5-2-6-10-12;1-3-2-4/h1-10H;1H3. The Balaban J connectivity index is 0.000000317.